The predicted octanol–water partition coefficient (Wildman–Crippen LogP) is 9.76. The Morgan fingerprint density at radius 1 is 0.446 bits per heavy atom. The first-order chi connectivity index (χ1) is 27.0. The number of rotatable bonds is 41. The van der Waals surface area contributed by atoms with E-state index in [0.29, 0.717) is 48.0 Å². The number of carbonyl (C=O) groups excluding carboxylic acids is 2. The number of likely N-dealkylation sites (N-methyl/N-ethyl adjacent to an activating group) is 2. The molecular formula is C48H92N2O6. The molecule has 2 atom stereocenters. The van der Waals surface area contributed by atoms with Crippen LogP contribution in [0.2, 0.25) is 0 Å². The highest BCUT2D eigenvalue weighted by Gasteiger charge is 2.38. The van der Waals surface area contributed by atoms with E-state index in [1.54, 1.807) is 0 Å². The Kier molecular flexibility index (Phi) is 36.4. The molecule has 0 aromatic rings. The molecule has 0 aliphatic heterocycles. The minimum Gasteiger partial charge on any atom is -0.850 e. The molecular weight excluding hydrogens is 701 g/mol. The molecule has 0 spiro atoms. The number of quaternary nitrogens is 2. The van der Waals surface area contributed by atoms with E-state index in [2.05, 4.69) is 38.2 Å². The van der Waals surface area contributed by atoms with E-state index in [1.807, 2.05) is 28.2 Å². The van der Waals surface area contributed by atoms with E-state index in [-0.39, 0.29) is 25.2 Å². The fraction of sp³-hybridized carbons (Fsp3) is 0.875. The standard InChI is InChI=1S/C48H92N2O6/c1-7-9-11-13-15-17-19-21-23-25-27-29-31-33-35-37-47(53)55-45(43-49(3,4)39-41-51)46(44-50(5,6)40-42-52)56-48(54)38-36-34-32-30-28-26-24-22-20-18-16-14-12-10-8-2/h21-24,45-46H,7-20,25-44H2,1-6H3/b23-21+,24-22+. The van der Waals surface area contributed by atoms with Gasteiger partial charge >= 0.3 is 11.9 Å². The summed E-state index contributed by atoms with van der Waals surface area (Å²) in [6.07, 6.45) is 39.5. The highest BCUT2D eigenvalue weighted by atomic mass is 16.6. The Balaban J connectivity index is 4.87. The predicted molar refractivity (Wildman–Crippen MR) is 232 cm³/mol. The quantitative estimate of drug-likeness (QED) is 0.0265. The largest absolute Gasteiger partial charge is 0.850 e. The van der Waals surface area contributed by atoms with Crippen molar-refractivity contribution in [1.82, 2.24) is 0 Å². The van der Waals surface area contributed by atoms with Crippen LogP contribution < -0.4 is 10.2 Å². The summed E-state index contributed by atoms with van der Waals surface area (Å²) in [7, 11) is 7.80. The summed E-state index contributed by atoms with van der Waals surface area (Å²) in [5, 5.41) is 23.3. The van der Waals surface area contributed by atoms with Gasteiger partial charge in [0.25, 0.3) is 0 Å². The van der Waals surface area contributed by atoms with E-state index in [0.717, 1.165) is 64.2 Å². The summed E-state index contributed by atoms with van der Waals surface area (Å²) in [5.41, 5.74) is 0. The minimum atomic E-state index is -0.700. The highest BCUT2D eigenvalue weighted by Crippen LogP contribution is 2.19. The van der Waals surface area contributed by atoms with E-state index >= 15 is 0 Å². The Labute approximate surface area is 347 Å². The SMILES string of the molecule is CCCCCCCC/C=C/CCCCCCCC(=O)OC(C[N+](C)(C)CC[O-])C(C[N+](C)(C)CC[O-])OC(=O)CCCCCCC/C=C/CCCCCCCC. The van der Waals surface area contributed by atoms with E-state index < -0.39 is 12.2 Å². The Morgan fingerprint density at radius 3 is 1.00 bits per heavy atom. The molecule has 56 heavy (non-hydrogen) atoms. The zero-order chi connectivity index (χ0) is 41.6. The lowest BCUT2D eigenvalue weighted by Crippen LogP contribution is -2.58. The van der Waals surface area contributed by atoms with Gasteiger partial charge in [-0.05, 0) is 64.2 Å². The van der Waals surface area contributed by atoms with Gasteiger partial charge in [-0.2, -0.15) is 0 Å². The van der Waals surface area contributed by atoms with E-state index in [4.69, 9.17) is 9.47 Å². The fourth-order valence-corrected chi connectivity index (χ4v) is 7.25. The lowest BCUT2D eigenvalue weighted by atomic mass is 10.1. The molecule has 0 amide bonds. The van der Waals surface area contributed by atoms with E-state index in [9.17, 15) is 19.8 Å². The molecule has 0 rings (SSSR count). The highest BCUT2D eigenvalue weighted by molar-refractivity contribution is 5.70. The van der Waals surface area contributed by atoms with Crippen molar-refractivity contribution in [2.45, 2.75) is 206 Å². The molecule has 0 saturated carbocycles. The third kappa shape index (κ3) is 35.4. The smallest absolute Gasteiger partial charge is 0.306 e. The van der Waals surface area contributed by atoms with Crippen molar-refractivity contribution in [2.75, 3.05) is 67.6 Å². The van der Waals surface area contributed by atoms with Gasteiger partial charge in [-0.15, -0.1) is 0 Å². The van der Waals surface area contributed by atoms with Crippen molar-refractivity contribution >= 4 is 11.9 Å². The topological polar surface area (TPSA) is 98.7 Å². The summed E-state index contributed by atoms with van der Waals surface area (Å²) in [4.78, 5) is 26.5. The van der Waals surface area contributed by atoms with Crippen LogP contribution in [0.25, 0.3) is 0 Å². The maximum absolute atomic E-state index is 13.2. The second-order valence-electron chi connectivity index (χ2n) is 17.8. The lowest BCUT2D eigenvalue weighted by Gasteiger charge is -2.39. The van der Waals surface area contributed by atoms with Gasteiger partial charge in [0.15, 0.2) is 12.2 Å². The van der Waals surface area contributed by atoms with Gasteiger partial charge in [0.1, 0.15) is 13.1 Å². The maximum atomic E-state index is 13.2. The van der Waals surface area contributed by atoms with Crippen molar-refractivity contribution in [3.05, 3.63) is 24.3 Å². The van der Waals surface area contributed by atoms with Crippen LogP contribution in [0.5, 0.6) is 0 Å². The molecule has 0 fully saturated rings. The number of allylic oxidation sites excluding steroid dienone is 4. The molecule has 0 aromatic heterocycles. The molecule has 8 heteroatoms. The fourth-order valence-electron chi connectivity index (χ4n) is 7.25. The average molecular weight is 793 g/mol. The van der Waals surface area contributed by atoms with Crippen LogP contribution >= 0.6 is 0 Å². The third-order valence-electron chi connectivity index (χ3n) is 11.0. The molecule has 0 aliphatic rings. The van der Waals surface area contributed by atoms with Crippen LogP contribution in [0, 0.1) is 0 Å². The van der Waals surface area contributed by atoms with E-state index in [1.165, 1.54) is 103 Å². The van der Waals surface area contributed by atoms with Gasteiger partial charge in [0, 0.05) is 12.8 Å². The summed E-state index contributed by atoms with van der Waals surface area (Å²) in [6, 6.07) is 0. The maximum Gasteiger partial charge on any atom is 0.306 e. The van der Waals surface area contributed by atoms with Crippen LogP contribution in [0.3, 0.4) is 0 Å². The van der Waals surface area contributed by atoms with Crippen molar-refractivity contribution < 1.29 is 38.2 Å². The molecule has 2 unspecified atom stereocenters. The van der Waals surface area contributed by atoms with Gasteiger partial charge in [0.05, 0.1) is 41.3 Å². The zero-order valence-corrected chi connectivity index (χ0v) is 37.8. The number of esters is 2. The molecule has 0 aliphatic carbocycles. The molecule has 0 saturated heterocycles. The van der Waals surface area contributed by atoms with Gasteiger partial charge in [-0.3, -0.25) is 9.59 Å². The second kappa shape index (κ2) is 37.5. The molecule has 0 N–H and O–H groups in total. The normalized spacial score (nSPS) is 13.5. The Hall–Kier alpha value is -1.74. The van der Waals surface area contributed by atoms with Gasteiger partial charge in [-0.1, -0.05) is 154 Å². The number of ether oxygens (including phenoxy) is 2. The van der Waals surface area contributed by atoms with Crippen LogP contribution in [-0.4, -0.2) is 101 Å². The number of carbonyl (C=O) groups is 2. The Morgan fingerprint density at radius 2 is 0.714 bits per heavy atom. The summed E-state index contributed by atoms with van der Waals surface area (Å²) >= 11 is 0. The number of nitrogens with zero attached hydrogens (tertiary/aromatic N) is 2. The first-order valence-electron chi connectivity index (χ1n) is 23.5. The summed E-state index contributed by atoms with van der Waals surface area (Å²) in [6.45, 7) is 5.49. The molecule has 0 heterocycles. The second-order valence-corrected chi connectivity index (χ2v) is 17.8. The van der Waals surface area contributed by atoms with Gasteiger partial charge in [-0.25, -0.2) is 0 Å². The van der Waals surface area contributed by atoms with Crippen molar-refractivity contribution in [3.63, 3.8) is 0 Å². The molecule has 330 valence electrons. The number of unbranched alkanes of at least 4 members (excludes halogenated alkanes) is 22. The van der Waals surface area contributed by atoms with Crippen LogP contribution in [0.1, 0.15) is 194 Å². The lowest BCUT2D eigenvalue weighted by molar-refractivity contribution is -0.906. The first kappa shape index (κ1) is 54.3. The Bertz CT molecular complexity index is 889. The van der Waals surface area contributed by atoms with Gasteiger partial charge < -0.3 is 28.7 Å². The average Bonchev–Trinajstić information content (AvgIpc) is 3.14. The van der Waals surface area contributed by atoms with Gasteiger partial charge in [0.2, 0.25) is 0 Å². The van der Waals surface area contributed by atoms with Crippen molar-refractivity contribution in [2.24, 2.45) is 0 Å². The monoisotopic (exact) mass is 793 g/mol. The molecule has 0 bridgehead atoms. The minimum absolute atomic E-state index is 0.250. The number of hydrogen-bond donors (Lipinski definition) is 0. The summed E-state index contributed by atoms with van der Waals surface area (Å²) in [5.74, 6) is -0.579. The van der Waals surface area contributed by atoms with Crippen LogP contribution in [0.15, 0.2) is 24.3 Å². The van der Waals surface area contributed by atoms with Crippen LogP contribution in [0.4, 0.5) is 0 Å². The summed E-state index contributed by atoms with van der Waals surface area (Å²) < 4.78 is 13.0. The van der Waals surface area contributed by atoms with Crippen LogP contribution in [-0.2, 0) is 19.1 Å². The third-order valence-corrected chi connectivity index (χ3v) is 11.0. The molecule has 0 radical (unpaired) electrons. The molecule has 8 nitrogen and oxygen atoms in total. The zero-order valence-electron chi connectivity index (χ0n) is 37.8. The first-order valence-corrected chi connectivity index (χ1v) is 23.5. The van der Waals surface area contributed by atoms with Crippen molar-refractivity contribution in [1.29, 1.82) is 0 Å². The number of hydrogen-bond acceptors (Lipinski definition) is 6. The van der Waals surface area contributed by atoms with Crippen molar-refractivity contribution in [3.8, 4) is 0 Å². The molecule has 0 aromatic carbocycles.